The number of nitrogens with one attached hydrogen (secondary N) is 2. The number of rotatable bonds is 5. The Bertz CT molecular complexity index is 578. The minimum atomic E-state index is 0.584. The fraction of sp³-hybridized carbons (Fsp3) is 0.200. The second kappa shape index (κ2) is 6.00. The van der Waals surface area contributed by atoms with Crippen molar-refractivity contribution in [1.29, 1.82) is 0 Å². The van der Waals surface area contributed by atoms with Crippen LogP contribution in [0, 0.1) is 13.8 Å². The van der Waals surface area contributed by atoms with Gasteiger partial charge in [-0.3, -0.25) is 0 Å². The van der Waals surface area contributed by atoms with E-state index in [4.69, 9.17) is 0 Å². The van der Waals surface area contributed by atoms with Gasteiger partial charge in [0.1, 0.15) is 5.82 Å². The summed E-state index contributed by atoms with van der Waals surface area (Å²) in [5.41, 5.74) is 3.44. The zero-order valence-corrected chi connectivity index (χ0v) is 11.3. The summed E-state index contributed by atoms with van der Waals surface area (Å²) in [5.74, 6) is 1.36. The first kappa shape index (κ1) is 13.1. The van der Waals surface area contributed by atoms with Crippen molar-refractivity contribution in [2.45, 2.75) is 13.8 Å². The zero-order chi connectivity index (χ0) is 13.7. The number of hydrogen-bond acceptors (Lipinski definition) is 4. The summed E-state index contributed by atoms with van der Waals surface area (Å²) in [5, 5.41) is 6.36. The van der Waals surface area contributed by atoms with E-state index < -0.39 is 0 Å². The number of nitrogens with zero attached hydrogens (tertiary/aromatic N) is 2. The van der Waals surface area contributed by atoms with Crippen molar-refractivity contribution in [2.75, 3.05) is 17.2 Å². The lowest BCUT2D eigenvalue weighted by atomic mass is 10.1. The molecule has 4 nitrogen and oxygen atoms in total. The highest BCUT2D eigenvalue weighted by molar-refractivity contribution is 5.59. The Labute approximate surface area is 113 Å². The van der Waals surface area contributed by atoms with E-state index in [1.807, 2.05) is 12.1 Å². The van der Waals surface area contributed by atoms with E-state index in [1.165, 1.54) is 11.1 Å². The fourth-order valence-corrected chi connectivity index (χ4v) is 1.77. The smallest absolute Gasteiger partial charge is 0.229 e. The van der Waals surface area contributed by atoms with E-state index in [-0.39, 0.29) is 0 Å². The Hall–Kier alpha value is -2.36. The van der Waals surface area contributed by atoms with Crippen molar-refractivity contribution in [3.63, 3.8) is 0 Å². The van der Waals surface area contributed by atoms with E-state index in [2.05, 4.69) is 53.2 Å². The number of hydrogen-bond donors (Lipinski definition) is 2. The van der Waals surface area contributed by atoms with E-state index in [1.54, 1.807) is 12.3 Å². The molecule has 2 aromatic rings. The largest absolute Gasteiger partial charge is 0.366 e. The van der Waals surface area contributed by atoms with Crippen LogP contribution in [0.5, 0.6) is 0 Å². The molecule has 0 aliphatic heterocycles. The lowest BCUT2D eigenvalue weighted by Gasteiger charge is -2.10. The number of aromatic nitrogens is 2. The molecular formula is C15H18N4. The Kier molecular flexibility index (Phi) is 4.13. The van der Waals surface area contributed by atoms with Gasteiger partial charge in [-0.2, -0.15) is 4.98 Å². The third-order valence-electron chi connectivity index (χ3n) is 2.71. The van der Waals surface area contributed by atoms with E-state index in [0.29, 0.717) is 12.5 Å². The van der Waals surface area contributed by atoms with Crippen molar-refractivity contribution in [1.82, 2.24) is 9.97 Å². The van der Waals surface area contributed by atoms with Gasteiger partial charge in [0.2, 0.25) is 5.95 Å². The van der Waals surface area contributed by atoms with Crippen molar-refractivity contribution in [2.24, 2.45) is 0 Å². The summed E-state index contributed by atoms with van der Waals surface area (Å²) in [6.45, 7) is 8.49. The molecule has 0 spiro atoms. The standard InChI is InChI=1S/C15H18N4/c1-4-8-16-14-7-9-17-15(19-14)18-13-6-5-11(2)10-12(13)3/h4-7,9-10H,1,8H2,2-3H3,(H2,16,17,18,19). The van der Waals surface area contributed by atoms with Crippen LogP contribution in [-0.2, 0) is 0 Å². The maximum atomic E-state index is 4.39. The van der Waals surface area contributed by atoms with Gasteiger partial charge < -0.3 is 10.6 Å². The van der Waals surface area contributed by atoms with Gasteiger partial charge in [0, 0.05) is 18.4 Å². The highest BCUT2D eigenvalue weighted by atomic mass is 15.1. The maximum absolute atomic E-state index is 4.39. The van der Waals surface area contributed by atoms with Gasteiger partial charge in [0.15, 0.2) is 0 Å². The molecule has 19 heavy (non-hydrogen) atoms. The Morgan fingerprint density at radius 3 is 2.84 bits per heavy atom. The number of benzene rings is 1. The summed E-state index contributed by atoms with van der Waals surface area (Å²) < 4.78 is 0. The summed E-state index contributed by atoms with van der Waals surface area (Å²) in [7, 11) is 0. The van der Waals surface area contributed by atoms with Gasteiger partial charge in [-0.25, -0.2) is 4.98 Å². The van der Waals surface area contributed by atoms with Crippen molar-refractivity contribution in [3.05, 3.63) is 54.2 Å². The zero-order valence-electron chi connectivity index (χ0n) is 11.3. The molecular weight excluding hydrogens is 236 g/mol. The minimum absolute atomic E-state index is 0.584. The average molecular weight is 254 g/mol. The average Bonchev–Trinajstić information content (AvgIpc) is 2.40. The highest BCUT2D eigenvalue weighted by Crippen LogP contribution is 2.19. The van der Waals surface area contributed by atoms with Gasteiger partial charge >= 0.3 is 0 Å². The Balaban J connectivity index is 2.16. The molecule has 0 aliphatic carbocycles. The third kappa shape index (κ3) is 3.55. The molecule has 0 radical (unpaired) electrons. The molecule has 2 N–H and O–H groups in total. The molecule has 0 fully saturated rings. The van der Waals surface area contributed by atoms with Crippen LogP contribution in [0.1, 0.15) is 11.1 Å². The van der Waals surface area contributed by atoms with Crippen LogP contribution in [-0.4, -0.2) is 16.5 Å². The second-order valence-electron chi connectivity index (χ2n) is 4.38. The summed E-state index contributed by atoms with van der Waals surface area (Å²) in [4.78, 5) is 8.61. The molecule has 0 bridgehead atoms. The summed E-state index contributed by atoms with van der Waals surface area (Å²) in [6, 6.07) is 8.06. The number of aryl methyl sites for hydroxylation is 2. The Morgan fingerprint density at radius 2 is 2.11 bits per heavy atom. The van der Waals surface area contributed by atoms with Crippen LogP contribution in [0.2, 0.25) is 0 Å². The first-order valence-corrected chi connectivity index (χ1v) is 6.21. The van der Waals surface area contributed by atoms with Crippen LogP contribution in [0.3, 0.4) is 0 Å². The molecule has 0 saturated heterocycles. The van der Waals surface area contributed by atoms with Crippen molar-refractivity contribution in [3.8, 4) is 0 Å². The molecule has 0 saturated carbocycles. The molecule has 1 aromatic carbocycles. The normalized spacial score (nSPS) is 10.0. The first-order valence-electron chi connectivity index (χ1n) is 6.21. The monoisotopic (exact) mass is 254 g/mol. The molecule has 2 rings (SSSR count). The lowest BCUT2D eigenvalue weighted by Crippen LogP contribution is -2.04. The van der Waals surface area contributed by atoms with Crippen LogP contribution >= 0.6 is 0 Å². The van der Waals surface area contributed by atoms with Gasteiger partial charge in [0.25, 0.3) is 0 Å². The van der Waals surface area contributed by atoms with Crippen LogP contribution in [0.25, 0.3) is 0 Å². The predicted molar refractivity (Wildman–Crippen MR) is 79.9 cm³/mol. The van der Waals surface area contributed by atoms with Gasteiger partial charge in [-0.05, 0) is 31.5 Å². The number of anilines is 3. The molecule has 4 heteroatoms. The van der Waals surface area contributed by atoms with Crippen molar-refractivity contribution >= 4 is 17.5 Å². The van der Waals surface area contributed by atoms with E-state index in [0.717, 1.165) is 11.5 Å². The maximum Gasteiger partial charge on any atom is 0.229 e. The molecule has 1 aromatic heterocycles. The van der Waals surface area contributed by atoms with Gasteiger partial charge in [-0.15, -0.1) is 6.58 Å². The van der Waals surface area contributed by atoms with E-state index in [9.17, 15) is 0 Å². The summed E-state index contributed by atoms with van der Waals surface area (Å²) in [6.07, 6.45) is 3.52. The van der Waals surface area contributed by atoms with Crippen LogP contribution in [0.4, 0.5) is 17.5 Å². The molecule has 0 unspecified atom stereocenters. The van der Waals surface area contributed by atoms with Crippen molar-refractivity contribution < 1.29 is 0 Å². The quantitative estimate of drug-likeness (QED) is 0.802. The van der Waals surface area contributed by atoms with Crippen LogP contribution < -0.4 is 10.6 Å². The fourth-order valence-electron chi connectivity index (χ4n) is 1.77. The van der Waals surface area contributed by atoms with Crippen LogP contribution in [0.15, 0.2) is 43.1 Å². The van der Waals surface area contributed by atoms with E-state index >= 15 is 0 Å². The third-order valence-corrected chi connectivity index (χ3v) is 2.71. The predicted octanol–water partition coefficient (Wildman–Crippen LogP) is 3.43. The molecule has 0 amide bonds. The van der Waals surface area contributed by atoms with Gasteiger partial charge in [-0.1, -0.05) is 23.8 Å². The topological polar surface area (TPSA) is 49.8 Å². The lowest BCUT2D eigenvalue weighted by molar-refractivity contribution is 1.14. The molecule has 98 valence electrons. The molecule has 1 heterocycles. The minimum Gasteiger partial charge on any atom is -0.366 e. The molecule has 0 atom stereocenters. The highest BCUT2D eigenvalue weighted by Gasteiger charge is 2.02. The second-order valence-corrected chi connectivity index (χ2v) is 4.38. The van der Waals surface area contributed by atoms with Gasteiger partial charge in [0.05, 0.1) is 0 Å². The summed E-state index contributed by atoms with van der Waals surface area (Å²) >= 11 is 0. The first-order chi connectivity index (χ1) is 9.19. The SMILES string of the molecule is C=CCNc1ccnc(Nc2ccc(C)cc2C)n1. The Morgan fingerprint density at radius 1 is 1.26 bits per heavy atom. The molecule has 0 aliphatic rings.